The van der Waals surface area contributed by atoms with Crippen LogP contribution in [-0.2, 0) is 14.3 Å². The van der Waals surface area contributed by atoms with Crippen molar-refractivity contribution in [2.45, 2.75) is 18.8 Å². The number of fused-ring (bicyclic) bond motifs is 5. The summed E-state index contributed by atoms with van der Waals surface area (Å²) in [5.74, 6) is -2.06. The Bertz CT molecular complexity index is 1520. The number of nitro groups is 1. The molecule has 0 spiro atoms. The van der Waals surface area contributed by atoms with Crippen LogP contribution in [0, 0.1) is 33.8 Å². The van der Waals surface area contributed by atoms with E-state index in [1.54, 1.807) is 12.1 Å². The fourth-order valence-electron chi connectivity index (χ4n) is 6.66. The van der Waals surface area contributed by atoms with Gasteiger partial charge in [0.05, 0.1) is 28.0 Å². The number of hydrogen-bond donors (Lipinski definition) is 0. The monoisotopic (exact) mass is 524 g/mol. The van der Waals surface area contributed by atoms with E-state index in [0.29, 0.717) is 5.69 Å². The molecule has 0 unspecified atom stereocenters. The number of carbonyl (C=O) groups is 4. The van der Waals surface area contributed by atoms with Gasteiger partial charge in [-0.15, -0.1) is 0 Å². The van der Waals surface area contributed by atoms with Crippen molar-refractivity contribution in [3.8, 4) is 0 Å². The number of non-ortho nitro benzene ring substituents is 1. The predicted molar refractivity (Wildman–Crippen MR) is 139 cm³/mol. The number of carbonyl (C=O) groups excluding carboxylic acids is 4. The summed E-state index contributed by atoms with van der Waals surface area (Å²) in [7, 11) is 0. The molecule has 1 saturated heterocycles. The molecule has 3 fully saturated rings. The molecule has 1 aliphatic heterocycles. The van der Waals surface area contributed by atoms with Crippen molar-refractivity contribution < 1.29 is 28.8 Å². The van der Waals surface area contributed by atoms with Gasteiger partial charge in [0, 0.05) is 17.7 Å². The second kappa shape index (κ2) is 9.58. The van der Waals surface area contributed by atoms with Gasteiger partial charge in [0.1, 0.15) is 0 Å². The number of ether oxygens (including phenoxy) is 1. The van der Waals surface area contributed by atoms with Gasteiger partial charge in [-0.05, 0) is 54.4 Å². The van der Waals surface area contributed by atoms with Gasteiger partial charge in [0.15, 0.2) is 6.61 Å². The van der Waals surface area contributed by atoms with Crippen molar-refractivity contribution in [1.82, 2.24) is 0 Å². The maximum Gasteiger partial charge on any atom is 0.338 e. The third-order valence-corrected chi connectivity index (χ3v) is 8.30. The van der Waals surface area contributed by atoms with E-state index in [2.05, 4.69) is 12.1 Å². The molecule has 9 heteroatoms. The molecule has 0 radical (unpaired) electrons. The van der Waals surface area contributed by atoms with E-state index in [1.165, 1.54) is 40.8 Å². The van der Waals surface area contributed by atoms with Gasteiger partial charge in [0.25, 0.3) is 5.69 Å². The van der Waals surface area contributed by atoms with Crippen LogP contribution in [-0.4, -0.2) is 35.1 Å². The molecule has 3 aromatic carbocycles. The van der Waals surface area contributed by atoms with Crippen LogP contribution < -0.4 is 4.90 Å². The van der Waals surface area contributed by atoms with E-state index >= 15 is 0 Å². The lowest BCUT2D eigenvalue weighted by molar-refractivity contribution is -0.384. The Kier molecular flexibility index (Phi) is 6.06. The Morgan fingerprint density at radius 2 is 1.59 bits per heavy atom. The van der Waals surface area contributed by atoms with Crippen molar-refractivity contribution in [3.05, 3.63) is 106 Å². The van der Waals surface area contributed by atoms with Gasteiger partial charge in [-0.3, -0.25) is 29.4 Å². The zero-order valence-electron chi connectivity index (χ0n) is 20.8. The standard InChI is InChI=1S/C30H24N2O7/c33-25(18-8-4-11-22(12-18)32(37)38)16-39-30(36)19-9-5-10-21(13-19)31-28(34)26-20-14-23(17-6-2-1-3-7-17)24(15-20)27(26)29(31)35/h1-13,20,23-24,26-27H,14-16H2/t20-,23-,24+,26+,27-/m0/s1. The molecule has 3 aliphatic rings. The Labute approximate surface area is 223 Å². The highest BCUT2D eigenvalue weighted by molar-refractivity contribution is 6.23. The average Bonchev–Trinajstić information content (AvgIpc) is 3.63. The van der Waals surface area contributed by atoms with Crippen LogP contribution >= 0.6 is 0 Å². The molecular formula is C30H24N2O7. The van der Waals surface area contributed by atoms with E-state index in [4.69, 9.17) is 4.74 Å². The van der Waals surface area contributed by atoms with E-state index < -0.39 is 23.3 Å². The number of anilines is 1. The van der Waals surface area contributed by atoms with Crippen molar-refractivity contribution in [1.29, 1.82) is 0 Å². The molecule has 2 bridgehead atoms. The van der Waals surface area contributed by atoms with Gasteiger partial charge in [0.2, 0.25) is 17.6 Å². The average molecular weight is 525 g/mol. The smallest absolute Gasteiger partial charge is 0.338 e. The van der Waals surface area contributed by atoms with Crippen LogP contribution in [0.1, 0.15) is 45.0 Å². The number of hydrogen-bond acceptors (Lipinski definition) is 7. The minimum absolute atomic E-state index is 0.0500. The zero-order chi connectivity index (χ0) is 27.3. The van der Waals surface area contributed by atoms with Gasteiger partial charge < -0.3 is 4.74 Å². The normalized spacial score (nSPS) is 25.0. The van der Waals surface area contributed by atoms with Crippen LogP contribution in [0.5, 0.6) is 0 Å². The predicted octanol–water partition coefficient (Wildman–Crippen LogP) is 4.56. The summed E-state index contributed by atoms with van der Waals surface area (Å²) >= 11 is 0. The number of ketones is 1. The Balaban J connectivity index is 1.16. The lowest BCUT2D eigenvalue weighted by Gasteiger charge is -2.28. The third kappa shape index (κ3) is 4.20. The summed E-state index contributed by atoms with van der Waals surface area (Å²) in [4.78, 5) is 63.7. The van der Waals surface area contributed by atoms with E-state index in [-0.39, 0.29) is 58.2 Å². The largest absolute Gasteiger partial charge is 0.454 e. The highest BCUT2D eigenvalue weighted by Gasteiger charge is 2.64. The lowest BCUT2D eigenvalue weighted by atomic mass is 9.73. The third-order valence-electron chi connectivity index (χ3n) is 8.30. The van der Waals surface area contributed by atoms with Gasteiger partial charge in [-0.2, -0.15) is 0 Å². The van der Waals surface area contributed by atoms with Crippen LogP contribution in [0.15, 0.2) is 78.9 Å². The summed E-state index contributed by atoms with van der Waals surface area (Å²) in [5, 5.41) is 11.0. The van der Waals surface area contributed by atoms with Crippen LogP contribution in [0.2, 0.25) is 0 Å². The first kappa shape index (κ1) is 24.7. The Morgan fingerprint density at radius 3 is 2.36 bits per heavy atom. The summed E-state index contributed by atoms with van der Waals surface area (Å²) in [6.07, 6.45) is 1.75. The molecule has 2 saturated carbocycles. The van der Waals surface area contributed by atoms with Crippen molar-refractivity contribution >= 4 is 34.9 Å². The number of benzene rings is 3. The van der Waals surface area contributed by atoms with E-state index in [1.807, 2.05) is 18.2 Å². The van der Waals surface area contributed by atoms with E-state index in [9.17, 15) is 29.3 Å². The molecule has 0 aromatic heterocycles. The number of imide groups is 1. The second-order valence-electron chi connectivity index (χ2n) is 10.3. The zero-order valence-corrected chi connectivity index (χ0v) is 20.8. The van der Waals surface area contributed by atoms with E-state index in [0.717, 1.165) is 18.9 Å². The van der Waals surface area contributed by atoms with Crippen LogP contribution in [0.4, 0.5) is 11.4 Å². The number of amides is 2. The van der Waals surface area contributed by atoms with Crippen molar-refractivity contribution in [3.63, 3.8) is 0 Å². The SMILES string of the molecule is O=C(COC(=O)c1cccc(N2C(=O)[C@@H]3[C@@H]4C[C@@H]([C@@H]3C2=O)[C@H](c2ccccc2)C4)c1)c1cccc([N+](=O)[O-])c1. The van der Waals surface area contributed by atoms with Gasteiger partial charge in [-0.25, -0.2) is 4.79 Å². The maximum atomic E-state index is 13.6. The van der Waals surface area contributed by atoms with Crippen LogP contribution in [0.3, 0.4) is 0 Å². The lowest BCUT2D eigenvalue weighted by Crippen LogP contribution is -2.33. The molecular weight excluding hydrogens is 500 g/mol. The molecule has 0 N–H and O–H groups in total. The fourth-order valence-corrected chi connectivity index (χ4v) is 6.66. The maximum absolute atomic E-state index is 13.6. The molecule has 39 heavy (non-hydrogen) atoms. The highest BCUT2D eigenvalue weighted by Crippen LogP contribution is 2.61. The summed E-state index contributed by atoms with van der Waals surface area (Å²) < 4.78 is 5.15. The number of nitrogens with zero attached hydrogens (tertiary/aromatic N) is 2. The molecule has 1 heterocycles. The van der Waals surface area contributed by atoms with Crippen molar-refractivity contribution in [2.75, 3.05) is 11.5 Å². The molecule has 196 valence electrons. The first-order valence-corrected chi connectivity index (χ1v) is 12.8. The fraction of sp³-hybridized carbons (Fsp3) is 0.267. The topological polar surface area (TPSA) is 124 Å². The van der Waals surface area contributed by atoms with Crippen LogP contribution in [0.25, 0.3) is 0 Å². The minimum atomic E-state index is -0.806. The van der Waals surface area contributed by atoms with Gasteiger partial charge >= 0.3 is 5.97 Å². The quantitative estimate of drug-likeness (QED) is 0.146. The number of esters is 1. The minimum Gasteiger partial charge on any atom is -0.454 e. The summed E-state index contributed by atoms with van der Waals surface area (Å²) in [6, 6.07) is 21.4. The number of rotatable bonds is 7. The second-order valence-corrected chi connectivity index (χ2v) is 10.3. The molecule has 5 atom stereocenters. The Hall–Kier alpha value is -4.66. The summed E-state index contributed by atoms with van der Waals surface area (Å²) in [5.41, 5.74) is 1.39. The highest BCUT2D eigenvalue weighted by atomic mass is 16.6. The van der Waals surface area contributed by atoms with Crippen molar-refractivity contribution in [2.24, 2.45) is 23.7 Å². The summed E-state index contributed by atoms with van der Waals surface area (Å²) in [6.45, 7) is -0.611. The first-order chi connectivity index (χ1) is 18.8. The van der Waals surface area contributed by atoms with Gasteiger partial charge in [-0.1, -0.05) is 48.5 Å². The molecule has 6 rings (SSSR count). The number of nitro benzene ring substituents is 1. The number of Topliss-reactive ketones (excluding diaryl/α,β-unsaturated/α-hetero) is 1. The molecule has 2 amide bonds. The molecule has 9 nitrogen and oxygen atoms in total. The molecule has 3 aromatic rings. The molecule has 2 aliphatic carbocycles. The first-order valence-electron chi connectivity index (χ1n) is 12.8. The Morgan fingerprint density at radius 1 is 0.872 bits per heavy atom.